The summed E-state index contributed by atoms with van der Waals surface area (Å²) in [6.07, 6.45) is 0. The minimum Gasteiger partial charge on any atom is -0.0622 e. The minimum absolute atomic E-state index is 0. The van der Waals surface area contributed by atoms with Gasteiger partial charge in [-0.15, -0.1) is 0 Å². The normalized spacial score (nSPS) is 7.73. The molecule has 0 heterocycles. The average molecular weight is 226 g/mol. The van der Waals surface area contributed by atoms with Gasteiger partial charge in [-0.1, -0.05) is 60.7 Å². The van der Waals surface area contributed by atoms with Gasteiger partial charge < -0.3 is 0 Å². The van der Waals surface area contributed by atoms with Crippen LogP contribution in [0.5, 0.6) is 0 Å². The van der Waals surface area contributed by atoms with Gasteiger partial charge in [-0.25, -0.2) is 0 Å². The third-order valence-corrected chi connectivity index (χ3v) is 1.88. The third kappa shape index (κ3) is 6.07. The molecule has 0 saturated heterocycles. The predicted octanol–water partition coefficient (Wildman–Crippen LogP) is 1.41. The van der Waals surface area contributed by atoms with Crippen LogP contribution in [0.2, 0.25) is 0 Å². The SMILES string of the molecule is [NaH].[NaH].[NaH].c1ccc(-c2ccccc2)cc1. The minimum atomic E-state index is 0. The molecular weight excluding hydrogens is 213 g/mol. The van der Waals surface area contributed by atoms with Crippen LogP contribution >= 0.6 is 0 Å². The van der Waals surface area contributed by atoms with Gasteiger partial charge in [-0.3, -0.25) is 0 Å². The van der Waals surface area contributed by atoms with Crippen molar-refractivity contribution in [2.24, 2.45) is 0 Å². The maximum absolute atomic E-state index is 2.12. The Morgan fingerprint density at radius 3 is 0.933 bits per heavy atom. The van der Waals surface area contributed by atoms with Crippen LogP contribution in [0.4, 0.5) is 0 Å². The maximum Gasteiger partial charge on any atom is -0.0184 e. The van der Waals surface area contributed by atoms with Crippen molar-refractivity contribution in [3.63, 3.8) is 0 Å². The molecule has 0 spiro atoms. The second kappa shape index (κ2) is 10.6. The molecule has 64 valence electrons. The molecule has 0 nitrogen and oxygen atoms in total. The van der Waals surface area contributed by atoms with Crippen LogP contribution in [0.3, 0.4) is 0 Å². The summed E-state index contributed by atoms with van der Waals surface area (Å²) >= 11 is 0. The molecule has 0 saturated carbocycles. The van der Waals surface area contributed by atoms with Gasteiger partial charge in [0.2, 0.25) is 0 Å². The first-order valence-corrected chi connectivity index (χ1v) is 4.07. The molecule has 3 heteroatoms. The molecule has 0 amide bonds. The fourth-order valence-corrected chi connectivity index (χ4v) is 1.26. The van der Waals surface area contributed by atoms with Gasteiger partial charge in [0.25, 0.3) is 0 Å². The summed E-state index contributed by atoms with van der Waals surface area (Å²) in [6.45, 7) is 0. The maximum atomic E-state index is 2.12. The van der Waals surface area contributed by atoms with E-state index < -0.39 is 0 Å². The number of hydrogen-bond acceptors (Lipinski definition) is 0. The van der Waals surface area contributed by atoms with E-state index in [1.54, 1.807) is 0 Å². The van der Waals surface area contributed by atoms with E-state index in [0.29, 0.717) is 0 Å². The molecule has 0 unspecified atom stereocenters. The molecule has 2 aromatic rings. The molecule has 0 bridgehead atoms. The van der Waals surface area contributed by atoms with Gasteiger partial charge in [0.1, 0.15) is 0 Å². The Hall–Kier alpha value is 1.44. The Balaban J connectivity index is 0. The molecule has 0 aliphatic rings. The van der Waals surface area contributed by atoms with Crippen molar-refractivity contribution in [3.8, 4) is 11.1 Å². The zero-order valence-corrected chi connectivity index (χ0v) is 6.77. The number of benzene rings is 2. The molecule has 2 aromatic carbocycles. The van der Waals surface area contributed by atoms with E-state index in [-0.39, 0.29) is 88.7 Å². The zero-order chi connectivity index (χ0) is 8.23. The molecule has 2 rings (SSSR count). The van der Waals surface area contributed by atoms with Crippen molar-refractivity contribution < 1.29 is 0 Å². The van der Waals surface area contributed by atoms with Crippen molar-refractivity contribution in [3.05, 3.63) is 60.7 Å². The number of rotatable bonds is 1. The fourth-order valence-electron chi connectivity index (χ4n) is 1.26. The van der Waals surface area contributed by atoms with Gasteiger partial charge in [0, 0.05) is 0 Å². The molecule has 0 N–H and O–H groups in total. The average Bonchev–Trinajstić information content (AvgIpc) is 2.21. The quantitative estimate of drug-likeness (QED) is 0.645. The van der Waals surface area contributed by atoms with Crippen molar-refractivity contribution in [1.29, 1.82) is 0 Å². The van der Waals surface area contributed by atoms with Crippen LogP contribution in [0.25, 0.3) is 11.1 Å². The molecule has 0 atom stereocenters. The summed E-state index contributed by atoms with van der Waals surface area (Å²) in [4.78, 5) is 0. The summed E-state index contributed by atoms with van der Waals surface area (Å²) in [5.74, 6) is 0. The molecule has 0 fully saturated rings. The van der Waals surface area contributed by atoms with Gasteiger partial charge in [0.05, 0.1) is 0 Å². The van der Waals surface area contributed by atoms with E-state index in [1.165, 1.54) is 11.1 Å². The second-order valence-corrected chi connectivity index (χ2v) is 2.73. The Bertz CT molecular complexity index is 308. The van der Waals surface area contributed by atoms with Gasteiger partial charge in [0.15, 0.2) is 0 Å². The van der Waals surface area contributed by atoms with E-state index in [1.807, 2.05) is 12.1 Å². The Morgan fingerprint density at radius 1 is 0.400 bits per heavy atom. The third-order valence-electron chi connectivity index (χ3n) is 1.88. The van der Waals surface area contributed by atoms with E-state index in [9.17, 15) is 0 Å². The standard InChI is InChI=1S/C12H10.3Na.3H/c1-3-7-11(8-4-1)12-9-5-2-6-10-12;;;;;;/h1-10H;;;;;;. The van der Waals surface area contributed by atoms with Gasteiger partial charge >= 0.3 is 88.7 Å². The Labute approximate surface area is 158 Å². The van der Waals surface area contributed by atoms with E-state index in [4.69, 9.17) is 0 Å². The summed E-state index contributed by atoms with van der Waals surface area (Å²) in [7, 11) is 0. The van der Waals surface area contributed by atoms with Crippen LogP contribution in [0, 0.1) is 0 Å². The van der Waals surface area contributed by atoms with E-state index >= 15 is 0 Å². The fraction of sp³-hybridized carbons (Fsp3) is 0. The molecule has 0 aromatic heterocycles. The zero-order valence-electron chi connectivity index (χ0n) is 6.77. The van der Waals surface area contributed by atoms with Crippen LogP contribution in [0.1, 0.15) is 0 Å². The molecule has 0 aliphatic carbocycles. The van der Waals surface area contributed by atoms with Crippen molar-refractivity contribution in [2.75, 3.05) is 0 Å². The van der Waals surface area contributed by atoms with Crippen LogP contribution in [0.15, 0.2) is 60.7 Å². The first kappa shape index (κ1) is 18.8. The molecular formula is C12H13Na3. The summed E-state index contributed by atoms with van der Waals surface area (Å²) in [6, 6.07) is 20.8. The Morgan fingerprint density at radius 2 is 0.667 bits per heavy atom. The van der Waals surface area contributed by atoms with E-state index in [2.05, 4.69) is 48.5 Å². The van der Waals surface area contributed by atoms with Crippen LogP contribution in [-0.4, -0.2) is 88.7 Å². The first-order valence-electron chi connectivity index (χ1n) is 4.07. The smallest absolute Gasteiger partial charge is 0.0184 e. The van der Waals surface area contributed by atoms with E-state index in [0.717, 1.165) is 0 Å². The van der Waals surface area contributed by atoms with Crippen molar-refractivity contribution in [2.45, 2.75) is 0 Å². The number of hydrogen-bond donors (Lipinski definition) is 0. The predicted molar refractivity (Wildman–Crippen MR) is 73.3 cm³/mol. The summed E-state index contributed by atoms with van der Waals surface area (Å²) in [5, 5.41) is 0. The van der Waals surface area contributed by atoms with Crippen molar-refractivity contribution in [1.82, 2.24) is 0 Å². The molecule has 15 heavy (non-hydrogen) atoms. The van der Waals surface area contributed by atoms with Gasteiger partial charge in [-0.05, 0) is 11.1 Å². The molecule has 0 radical (unpaired) electrons. The van der Waals surface area contributed by atoms with Crippen LogP contribution in [-0.2, 0) is 0 Å². The summed E-state index contributed by atoms with van der Waals surface area (Å²) < 4.78 is 0. The van der Waals surface area contributed by atoms with Crippen molar-refractivity contribution >= 4 is 88.7 Å². The monoisotopic (exact) mass is 226 g/mol. The summed E-state index contributed by atoms with van der Waals surface area (Å²) in [5.41, 5.74) is 2.55. The van der Waals surface area contributed by atoms with Crippen LogP contribution < -0.4 is 0 Å². The van der Waals surface area contributed by atoms with Gasteiger partial charge in [-0.2, -0.15) is 0 Å². The Kier molecular flexibility index (Phi) is 13.3. The topological polar surface area (TPSA) is 0 Å². The first-order chi connectivity index (χ1) is 5.97. The molecule has 0 aliphatic heterocycles. The second-order valence-electron chi connectivity index (χ2n) is 2.73. The largest absolute Gasteiger partial charge is 0.0622 e.